The highest BCUT2D eigenvalue weighted by atomic mass is 32.2. The second-order valence-electron chi connectivity index (χ2n) is 11.3. The highest BCUT2D eigenvalue weighted by molar-refractivity contribution is 8.13. The lowest BCUT2D eigenvalue weighted by molar-refractivity contribution is -0.229. The first-order valence-corrected chi connectivity index (χ1v) is 13.1. The summed E-state index contributed by atoms with van der Waals surface area (Å²) in [6.07, 6.45) is 0.152. The van der Waals surface area contributed by atoms with Crippen LogP contribution in [0.3, 0.4) is 0 Å². The van der Waals surface area contributed by atoms with Crippen LogP contribution in [0.1, 0.15) is 53.9 Å². The number of aliphatic hydroxyl groups excluding tert-OH is 1. The molecule has 3 saturated carbocycles. The quantitative estimate of drug-likeness (QED) is 0.549. The first-order valence-electron chi connectivity index (χ1n) is 12.1. The van der Waals surface area contributed by atoms with Gasteiger partial charge in [-0.25, -0.2) is 13.2 Å². The maximum atomic E-state index is 17.3. The number of esters is 1. The van der Waals surface area contributed by atoms with Crippen molar-refractivity contribution in [3.63, 3.8) is 0 Å². The second kappa shape index (κ2) is 8.47. The minimum absolute atomic E-state index is 0.0130. The van der Waals surface area contributed by atoms with Gasteiger partial charge in [-0.2, -0.15) is 0 Å². The Kier molecular flexibility index (Phi) is 6.40. The Bertz CT molecular complexity index is 1010. The SMILES string of the molecule is CC(C)C(=O)O[C@@]1(C(=O)SCF)[C@H](C)C[C@H]2[C@@H]3C[C@H](F)C4=CC(=O)C=C[C@]4(C)[C@@]3(F)[C@@H](O)C[C@@]21C. The van der Waals surface area contributed by atoms with Gasteiger partial charge in [-0.15, -0.1) is 0 Å². The lowest BCUT2D eigenvalue weighted by Crippen LogP contribution is -2.70. The molecule has 0 heterocycles. The van der Waals surface area contributed by atoms with Crippen LogP contribution in [0.15, 0.2) is 23.8 Å². The summed E-state index contributed by atoms with van der Waals surface area (Å²) in [6, 6.07) is -1.02. The zero-order valence-corrected chi connectivity index (χ0v) is 21.5. The Balaban J connectivity index is 1.87. The predicted octanol–water partition coefficient (Wildman–Crippen LogP) is 4.68. The highest BCUT2D eigenvalue weighted by Gasteiger charge is 2.78. The Morgan fingerprint density at radius 3 is 2.51 bits per heavy atom. The van der Waals surface area contributed by atoms with Gasteiger partial charge in [-0.05, 0) is 61.6 Å². The number of ether oxygens (including phenoxy) is 1. The van der Waals surface area contributed by atoms with Gasteiger partial charge in [0.15, 0.2) is 17.1 Å². The molecule has 0 bridgehead atoms. The normalized spacial score (nSPS) is 46.5. The van der Waals surface area contributed by atoms with E-state index in [2.05, 4.69) is 0 Å². The van der Waals surface area contributed by atoms with Gasteiger partial charge in [0.1, 0.15) is 12.2 Å². The van der Waals surface area contributed by atoms with E-state index in [1.54, 1.807) is 27.7 Å². The van der Waals surface area contributed by atoms with Crippen molar-refractivity contribution in [3.05, 3.63) is 23.8 Å². The third-order valence-corrected chi connectivity index (χ3v) is 10.1. The molecule has 1 N–H and O–H groups in total. The molecule has 194 valence electrons. The van der Waals surface area contributed by atoms with Gasteiger partial charge in [0, 0.05) is 22.7 Å². The molecule has 5 nitrogen and oxygen atoms in total. The zero-order valence-electron chi connectivity index (χ0n) is 20.6. The number of hydrogen-bond acceptors (Lipinski definition) is 6. The number of carbonyl (C=O) groups excluding carboxylic acids is 3. The van der Waals surface area contributed by atoms with E-state index < -0.39 is 80.9 Å². The molecule has 0 unspecified atom stereocenters. The molecule has 0 aliphatic heterocycles. The lowest BCUT2D eigenvalue weighted by atomic mass is 9.44. The van der Waals surface area contributed by atoms with Gasteiger partial charge in [-0.3, -0.25) is 14.4 Å². The molecule has 35 heavy (non-hydrogen) atoms. The van der Waals surface area contributed by atoms with Crippen molar-refractivity contribution >= 4 is 28.6 Å². The third kappa shape index (κ3) is 3.29. The average molecular weight is 515 g/mol. The molecule has 4 rings (SSSR count). The molecule has 0 amide bonds. The van der Waals surface area contributed by atoms with E-state index in [-0.39, 0.29) is 24.8 Å². The van der Waals surface area contributed by atoms with E-state index in [1.165, 1.54) is 19.1 Å². The topological polar surface area (TPSA) is 80.7 Å². The molecular weight excluding hydrogens is 481 g/mol. The van der Waals surface area contributed by atoms with Crippen molar-refractivity contribution in [1.82, 2.24) is 0 Å². The van der Waals surface area contributed by atoms with Gasteiger partial charge < -0.3 is 9.84 Å². The molecule has 0 aromatic rings. The summed E-state index contributed by atoms with van der Waals surface area (Å²) in [5.74, 6) is -3.89. The fourth-order valence-electron chi connectivity index (χ4n) is 7.65. The number of thioether (sulfide) groups is 1. The molecule has 3 fully saturated rings. The largest absolute Gasteiger partial charge is 0.449 e. The monoisotopic (exact) mass is 514 g/mol. The smallest absolute Gasteiger partial charge is 0.309 e. The van der Waals surface area contributed by atoms with Crippen molar-refractivity contribution in [2.75, 3.05) is 6.01 Å². The molecule has 4 aliphatic rings. The van der Waals surface area contributed by atoms with Gasteiger partial charge in [0.25, 0.3) is 0 Å². The molecule has 0 spiro atoms. The summed E-state index contributed by atoms with van der Waals surface area (Å²) in [4.78, 5) is 38.2. The molecular formula is C26H33F3O5S. The highest BCUT2D eigenvalue weighted by Crippen LogP contribution is 2.72. The molecule has 0 radical (unpaired) electrons. The molecule has 0 aromatic carbocycles. The second-order valence-corrected chi connectivity index (χ2v) is 12.2. The summed E-state index contributed by atoms with van der Waals surface area (Å²) < 4.78 is 52.1. The van der Waals surface area contributed by atoms with Crippen LogP contribution in [0.5, 0.6) is 0 Å². The first kappa shape index (κ1) is 26.5. The number of fused-ring (bicyclic) bond motifs is 5. The number of allylic oxidation sites excluding steroid dienone is 4. The summed E-state index contributed by atoms with van der Waals surface area (Å²) in [5.41, 5.74) is -6.89. The van der Waals surface area contributed by atoms with Crippen LogP contribution in [-0.4, -0.2) is 51.5 Å². The zero-order chi connectivity index (χ0) is 26.1. The van der Waals surface area contributed by atoms with Crippen molar-refractivity contribution in [2.24, 2.45) is 34.5 Å². The predicted molar refractivity (Wildman–Crippen MR) is 125 cm³/mol. The van der Waals surface area contributed by atoms with Crippen LogP contribution in [0.25, 0.3) is 0 Å². The maximum absolute atomic E-state index is 17.3. The van der Waals surface area contributed by atoms with E-state index >= 15 is 8.78 Å². The van der Waals surface area contributed by atoms with E-state index in [9.17, 15) is 23.9 Å². The molecule has 9 heteroatoms. The van der Waals surface area contributed by atoms with E-state index in [1.807, 2.05) is 0 Å². The number of rotatable bonds is 4. The summed E-state index contributed by atoms with van der Waals surface area (Å²) in [6.45, 7) is 8.12. The van der Waals surface area contributed by atoms with Crippen LogP contribution in [-0.2, 0) is 19.1 Å². The number of carbonyl (C=O) groups is 3. The molecule has 4 aliphatic carbocycles. The van der Waals surface area contributed by atoms with Gasteiger partial charge in [0.05, 0.1) is 12.0 Å². The van der Waals surface area contributed by atoms with Gasteiger partial charge in [-0.1, -0.05) is 33.8 Å². The number of alkyl halides is 3. The van der Waals surface area contributed by atoms with E-state index in [0.717, 1.165) is 6.08 Å². The average Bonchev–Trinajstić information content (AvgIpc) is 2.99. The van der Waals surface area contributed by atoms with Crippen LogP contribution in [0.4, 0.5) is 13.2 Å². The van der Waals surface area contributed by atoms with Crippen molar-refractivity contribution in [1.29, 1.82) is 0 Å². The number of halogens is 3. The minimum atomic E-state index is -2.31. The van der Waals surface area contributed by atoms with Crippen LogP contribution in [0, 0.1) is 34.5 Å². The summed E-state index contributed by atoms with van der Waals surface area (Å²) in [7, 11) is 0. The van der Waals surface area contributed by atoms with Crippen LogP contribution in [0.2, 0.25) is 0 Å². The Labute approximate surface area is 207 Å². The van der Waals surface area contributed by atoms with Crippen LogP contribution < -0.4 is 0 Å². The van der Waals surface area contributed by atoms with Crippen molar-refractivity contribution in [2.45, 2.75) is 77.4 Å². The van der Waals surface area contributed by atoms with Gasteiger partial charge in [0.2, 0.25) is 5.12 Å². The number of ketones is 1. The Morgan fingerprint density at radius 1 is 1.26 bits per heavy atom. The van der Waals surface area contributed by atoms with E-state index in [4.69, 9.17) is 4.74 Å². The number of hydrogen-bond donors (Lipinski definition) is 1. The van der Waals surface area contributed by atoms with E-state index in [0.29, 0.717) is 11.8 Å². The molecule has 9 atom stereocenters. The Hall–Kier alpha value is -1.61. The standard InChI is InChI=1S/C26H33F3O5S/c1-13(2)21(32)34-26(22(33)35-12-27)14(3)8-16-17-10-19(28)18-9-15(30)6-7-23(18,4)25(17,29)20(31)11-24(16,26)5/h6-7,9,13-14,16-17,19-20,31H,8,10-12H2,1-5H3/t14-,16+,17+,19+,20+,23+,24+,25+,26-/m1/s1. The third-order valence-electron chi connectivity index (χ3n) is 9.39. The van der Waals surface area contributed by atoms with Gasteiger partial charge >= 0.3 is 5.97 Å². The first-order chi connectivity index (χ1) is 16.2. The minimum Gasteiger partial charge on any atom is -0.449 e. The van der Waals surface area contributed by atoms with Crippen LogP contribution >= 0.6 is 11.8 Å². The van der Waals surface area contributed by atoms with Crippen molar-refractivity contribution < 1.29 is 37.4 Å². The molecule has 0 aromatic heterocycles. The fraction of sp³-hybridized carbons (Fsp3) is 0.731. The summed E-state index contributed by atoms with van der Waals surface area (Å²) >= 11 is 0.397. The molecule has 0 saturated heterocycles. The Morgan fingerprint density at radius 2 is 1.91 bits per heavy atom. The van der Waals surface area contributed by atoms with Crippen molar-refractivity contribution in [3.8, 4) is 0 Å². The maximum Gasteiger partial charge on any atom is 0.309 e. The number of aliphatic hydroxyl groups is 1. The fourth-order valence-corrected chi connectivity index (χ4v) is 8.44. The lowest BCUT2D eigenvalue weighted by Gasteiger charge is -2.63. The summed E-state index contributed by atoms with van der Waals surface area (Å²) in [5, 5.41) is 10.8.